The fourth-order valence-corrected chi connectivity index (χ4v) is 2.02. The average Bonchev–Trinajstić information content (AvgIpc) is 2.93. The van der Waals surface area contributed by atoms with Crippen molar-refractivity contribution in [1.29, 1.82) is 0 Å². The zero-order valence-corrected chi connectivity index (χ0v) is 10.7. The summed E-state index contributed by atoms with van der Waals surface area (Å²) < 4.78 is 23.8. The van der Waals surface area contributed by atoms with E-state index in [0.29, 0.717) is 30.4 Å². The lowest BCUT2D eigenvalue weighted by molar-refractivity contribution is 0.00755. The van der Waals surface area contributed by atoms with E-state index in [-0.39, 0.29) is 11.1 Å². The van der Waals surface area contributed by atoms with Crippen LogP contribution >= 0.6 is 11.6 Å². The van der Waals surface area contributed by atoms with E-state index in [1.54, 1.807) is 6.07 Å². The highest BCUT2D eigenvalue weighted by Crippen LogP contribution is 2.25. The Labute approximate surface area is 113 Å². The summed E-state index contributed by atoms with van der Waals surface area (Å²) >= 11 is 5.72. The highest BCUT2D eigenvalue weighted by atomic mass is 35.5. The van der Waals surface area contributed by atoms with Crippen LogP contribution in [0.3, 0.4) is 0 Å². The molecule has 1 aromatic carbocycles. The lowest BCUT2D eigenvalue weighted by Crippen LogP contribution is -2.33. The van der Waals surface area contributed by atoms with Gasteiger partial charge in [0.15, 0.2) is 0 Å². The molecule has 1 unspecified atom stereocenters. The number of ether oxygens (including phenoxy) is 1. The molecule has 3 rings (SSSR count). The van der Waals surface area contributed by atoms with Crippen molar-refractivity contribution in [2.24, 2.45) is 0 Å². The van der Waals surface area contributed by atoms with E-state index in [1.807, 2.05) is 0 Å². The maximum Gasteiger partial charge on any atom is 0.257 e. The smallest absolute Gasteiger partial charge is 0.257 e. The fraction of sp³-hybridized carbons (Fsp3) is 0.333. The third-order valence-corrected chi connectivity index (χ3v) is 3.11. The lowest BCUT2D eigenvalue weighted by Gasteiger charge is -2.19. The molecule has 2 heterocycles. The molecular formula is C12H11ClFN3O2. The van der Waals surface area contributed by atoms with E-state index in [9.17, 15) is 4.39 Å². The molecule has 1 fully saturated rings. The first-order valence-electron chi connectivity index (χ1n) is 5.85. The minimum Gasteiger partial charge on any atom is -0.366 e. The van der Waals surface area contributed by atoms with Gasteiger partial charge in [-0.15, -0.1) is 0 Å². The van der Waals surface area contributed by atoms with E-state index in [4.69, 9.17) is 20.9 Å². The summed E-state index contributed by atoms with van der Waals surface area (Å²) in [7, 11) is 0. The first-order chi connectivity index (χ1) is 9.24. The number of hydrogen-bond acceptors (Lipinski definition) is 5. The van der Waals surface area contributed by atoms with E-state index in [2.05, 4.69) is 15.5 Å². The van der Waals surface area contributed by atoms with Crippen LogP contribution in [0.15, 0.2) is 22.7 Å². The Hall–Kier alpha value is -1.50. The molecule has 0 spiro atoms. The van der Waals surface area contributed by atoms with Crippen molar-refractivity contribution >= 4 is 11.6 Å². The quantitative estimate of drug-likeness (QED) is 0.915. The standard InChI is InChI=1S/C12H11ClFN3O2/c13-8-5-7(1-2-9(8)14)11-16-12(19-17-11)10-6-15-3-4-18-10/h1-2,5,10,15H,3-4,6H2. The molecule has 1 N–H and O–H groups in total. The summed E-state index contributed by atoms with van der Waals surface area (Å²) in [5, 5.41) is 7.06. The van der Waals surface area contributed by atoms with Crippen LogP contribution in [0, 0.1) is 5.82 Å². The van der Waals surface area contributed by atoms with Crippen molar-refractivity contribution in [2.75, 3.05) is 19.7 Å². The van der Waals surface area contributed by atoms with Crippen molar-refractivity contribution in [2.45, 2.75) is 6.10 Å². The Morgan fingerprint density at radius 3 is 3.05 bits per heavy atom. The van der Waals surface area contributed by atoms with Gasteiger partial charge in [-0.3, -0.25) is 0 Å². The van der Waals surface area contributed by atoms with Crippen LogP contribution in [0.2, 0.25) is 5.02 Å². The van der Waals surface area contributed by atoms with Gasteiger partial charge in [-0.1, -0.05) is 16.8 Å². The number of hydrogen-bond donors (Lipinski definition) is 1. The molecule has 19 heavy (non-hydrogen) atoms. The molecule has 100 valence electrons. The molecule has 5 nitrogen and oxygen atoms in total. The molecule has 1 aliphatic rings. The van der Waals surface area contributed by atoms with Crippen molar-refractivity contribution < 1.29 is 13.7 Å². The van der Waals surface area contributed by atoms with Crippen LogP contribution in [0.4, 0.5) is 4.39 Å². The van der Waals surface area contributed by atoms with Crippen molar-refractivity contribution in [3.05, 3.63) is 34.9 Å². The normalized spacial score (nSPS) is 19.6. The van der Waals surface area contributed by atoms with E-state index in [0.717, 1.165) is 6.54 Å². The molecule has 0 amide bonds. The summed E-state index contributed by atoms with van der Waals surface area (Å²) in [6.45, 7) is 2.04. The molecule has 0 saturated carbocycles. The zero-order valence-electron chi connectivity index (χ0n) is 9.90. The van der Waals surface area contributed by atoms with Crippen molar-refractivity contribution in [3.63, 3.8) is 0 Å². The van der Waals surface area contributed by atoms with Crippen molar-refractivity contribution in [3.8, 4) is 11.4 Å². The van der Waals surface area contributed by atoms with Gasteiger partial charge in [0, 0.05) is 18.7 Å². The molecule has 2 aromatic rings. The first-order valence-corrected chi connectivity index (χ1v) is 6.23. The number of morpholine rings is 1. The minimum atomic E-state index is -0.478. The highest BCUT2D eigenvalue weighted by Gasteiger charge is 2.22. The predicted octanol–water partition coefficient (Wildman–Crippen LogP) is 2.19. The van der Waals surface area contributed by atoms with Crippen LogP contribution in [-0.4, -0.2) is 29.8 Å². The summed E-state index contributed by atoms with van der Waals surface area (Å²) in [4.78, 5) is 4.25. The van der Waals surface area contributed by atoms with Gasteiger partial charge < -0.3 is 14.6 Å². The number of halogens is 2. The van der Waals surface area contributed by atoms with E-state index < -0.39 is 5.82 Å². The summed E-state index contributed by atoms with van der Waals surface area (Å²) in [6.07, 6.45) is -0.245. The zero-order chi connectivity index (χ0) is 13.2. The monoisotopic (exact) mass is 283 g/mol. The molecule has 1 aromatic heterocycles. The summed E-state index contributed by atoms with van der Waals surface area (Å²) in [5.41, 5.74) is 0.602. The summed E-state index contributed by atoms with van der Waals surface area (Å²) in [5.74, 6) is 0.294. The molecule has 7 heteroatoms. The van der Waals surface area contributed by atoms with Gasteiger partial charge in [-0.05, 0) is 18.2 Å². The van der Waals surface area contributed by atoms with Gasteiger partial charge in [-0.25, -0.2) is 4.39 Å². The number of nitrogens with one attached hydrogen (secondary N) is 1. The molecule has 1 aliphatic heterocycles. The largest absolute Gasteiger partial charge is 0.366 e. The molecular weight excluding hydrogens is 273 g/mol. The van der Waals surface area contributed by atoms with Gasteiger partial charge in [0.1, 0.15) is 11.9 Å². The Bertz CT molecular complexity index is 584. The van der Waals surface area contributed by atoms with E-state index >= 15 is 0 Å². The van der Waals surface area contributed by atoms with Crippen LogP contribution in [-0.2, 0) is 4.74 Å². The fourth-order valence-electron chi connectivity index (χ4n) is 1.84. The highest BCUT2D eigenvalue weighted by molar-refractivity contribution is 6.31. The van der Waals surface area contributed by atoms with E-state index in [1.165, 1.54) is 12.1 Å². The van der Waals surface area contributed by atoms with Crippen molar-refractivity contribution in [1.82, 2.24) is 15.5 Å². The third kappa shape index (κ3) is 2.60. The Morgan fingerprint density at radius 1 is 1.42 bits per heavy atom. The topological polar surface area (TPSA) is 60.2 Å². The second kappa shape index (κ2) is 5.24. The number of benzene rings is 1. The van der Waals surface area contributed by atoms with Gasteiger partial charge in [0.05, 0.1) is 11.6 Å². The van der Waals surface area contributed by atoms with Gasteiger partial charge in [0.2, 0.25) is 5.82 Å². The van der Waals surface area contributed by atoms with Gasteiger partial charge in [-0.2, -0.15) is 4.98 Å². The Morgan fingerprint density at radius 2 is 2.32 bits per heavy atom. The minimum absolute atomic E-state index is 0.0273. The molecule has 0 bridgehead atoms. The third-order valence-electron chi connectivity index (χ3n) is 2.82. The Balaban J connectivity index is 1.85. The summed E-state index contributed by atoms with van der Waals surface area (Å²) in [6, 6.07) is 4.29. The lowest BCUT2D eigenvalue weighted by atomic mass is 10.2. The van der Waals surface area contributed by atoms with Gasteiger partial charge >= 0.3 is 0 Å². The predicted molar refractivity (Wildman–Crippen MR) is 66.3 cm³/mol. The second-order valence-corrected chi connectivity index (χ2v) is 4.56. The number of nitrogens with zero attached hydrogens (tertiary/aromatic N) is 2. The second-order valence-electron chi connectivity index (χ2n) is 4.15. The average molecular weight is 284 g/mol. The number of aromatic nitrogens is 2. The molecule has 1 atom stereocenters. The van der Waals surface area contributed by atoms with Crippen LogP contribution < -0.4 is 5.32 Å². The Kier molecular flexibility index (Phi) is 3.46. The first kappa shape index (κ1) is 12.5. The molecule has 0 aliphatic carbocycles. The SMILES string of the molecule is Fc1ccc(-c2noc(C3CNCCO3)n2)cc1Cl. The van der Waals surface area contributed by atoms with Crippen LogP contribution in [0.1, 0.15) is 12.0 Å². The van der Waals surface area contributed by atoms with Crippen LogP contribution in [0.25, 0.3) is 11.4 Å². The van der Waals surface area contributed by atoms with Gasteiger partial charge in [0.25, 0.3) is 5.89 Å². The van der Waals surface area contributed by atoms with Crippen LogP contribution in [0.5, 0.6) is 0 Å². The maximum absolute atomic E-state index is 13.1. The molecule has 1 saturated heterocycles. The molecule has 0 radical (unpaired) electrons. The number of rotatable bonds is 2. The maximum atomic E-state index is 13.1.